The zero-order valence-corrected chi connectivity index (χ0v) is 19.2. The van der Waals surface area contributed by atoms with E-state index in [1.807, 2.05) is 17.5 Å². The fourth-order valence-corrected chi connectivity index (χ4v) is 5.57. The fourth-order valence-electron chi connectivity index (χ4n) is 4.92. The second-order valence-corrected chi connectivity index (χ2v) is 9.95. The van der Waals surface area contributed by atoms with Crippen molar-refractivity contribution in [2.75, 3.05) is 26.2 Å². The average Bonchev–Trinajstić information content (AvgIpc) is 3.53. The van der Waals surface area contributed by atoms with Gasteiger partial charge in [0, 0.05) is 19.0 Å². The minimum Gasteiger partial charge on any atom is -0.342 e. The van der Waals surface area contributed by atoms with Crippen LogP contribution in [-0.2, 0) is 17.8 Å². The molecule has 0 aliphatic carbocycles. The van der Waals surface area contributed by atoms with Crippen molar-refractivity contribution in [1.29, 1.82) is 0 Å². The Hall–Kier alpha value is -2.51. The van der Waals surface area contributed by atoms with Crippen LogP contribution >= 0.6 is 11.3 Å². The first-order valence-electron chi connectivity index (χ1n) is 11.7. The van der Waals surface area contributed by atoms with Crippen LogP contribution in [0.4, 0.5) is 0 Å². The molecule has 0 atom stereocenters. The van der Waals surface area contributed by atoms with Crippen molar-refractivity contribution in [3.05, 3.63) is 59.3 Å². The van der Waals surface area contributed by atoms with Crippen LogP contribution in [0.15, 0.2) is 52.4 Å². The summed E-state index contributed by atoms with van der Waals surface area (Å²) in [6.45, 7) is 4.27. The normalized spacial score (nSPS) is 18.8. The van der Waals surface area contributed by atoms with E-state index in [0.29, 0.717) is 30.1 Å². The summed E-state index contributed by atoms with van der Waals surface area (Å²) in [7, 11) is 0. The number of carbonyl (C=O) groups is 1. The number of aromatic nitrogens is 2. The summed E-state index contributed by atoms with van der Waals surface area (Å²) in [5.74, 6) is 2.52. The van der Waals surface area contributed by atoms with E-state index in [0.717, 1.165) is 63.2 Å². The van der Waals surface area contributed by atoms with Crippen LogP contribution in [0.3, 0.4) is 0 Å². The molecular formula is C25H30N4O2S. The molecule has 2 aliphatic rings. The lowest BCUT2D eigenvalue weighted by Gasteiger charge is -2.37. The minimum absolute atomic E-state index is 0.154. The molecule has 0 saturated carbocycles. The van der Waals surface area contributed by atoms with Gasteiger partial charge in [-0.2, -0.15) is 4.98 Å². The number of nitrogens with zero attached hydrogens (tertiary/aromatic N) is 4. The molecule has 3 aromatic rings. The average molecular weight is 451 g/mol. The molecule has 4 heterocycles. The van der Waals surface area contributed by atoms with Gasteiger partial charge in [-0.15, -0.1) is 11.3 Å². The molecule has 2 fully saturated rings. The summed E-state index contributed by atoms with van der Waals surface area (Å²) in [5, 5.41) is 6.11. The van der Waals surface area contributed by atoms with Crippen LogP contribution in [0.5, 0.6) is 0 Å². The van der Waals surface area contributed by atoms with Crippen LogP contribution < -0.4 is 0 Å². The Morgan fingerprint density at radius 3 is 2.50 bits per heavy atom. The maximum Gasteiger partial charge on any atom is 0.241 e. The van der Waals surface area contributed by atoms with Crippen LogP contribution in [0.2, 0.25) is 0 Å². The number of piperidine rings is 2. The Labute approximate surface area is 193 Å². The van der Waals surface area contributed by atoms with E-state index < -0.39 is 0 Å². The number of hydrogen-bond acceptors (Lipinski definition) is 6. The first kappa shape index (κ1) is 21.3. The number of hydrogen-bond donors (Lipinski definition) is 0. The number of benzene rings is 1. The van der Waals surface area contributed by atoms with Gasteiger partial charge in [0.2, 0.25) is 17.6 Å². The zero-order valence-electron chi connectivity index (χ0n) is 18.4. The van der Waals surface area contributed by atoms with Crippen molar-refractivity contribution in [3.63, 3.8) is 0 Å². The molecule has 1 aromatic carbocycles. The molecule has 1 amide bonds. The summed E-state index contributed by atoms with van der Waals surface area (Å²) in [5.41, 5.74) is 1.41. The first-order valence-corrected chi connectivity index (χ1v) is 12.5. The number of likely N-dealkylation sites (tertiary alicyclic amines) is 2. The van der Waals surface area contributed by atoms with E-state index in [1.165, 1.54) is 5.56 Å². The lowest BCUT2D eigenvalue weighted by atomic mass is 9.88. The summed E-state index contributed by atoms with van der Waals surface area (Å²) in [6.07, 6.45) is 5.18. The minimum atomic E-state index is 0.154. The summed E-state index contributed by atoms with van der Waals surface area (Å²) >= 11 is 1.61. The van der Waals surface area contributed by atoms with Crippen LogP contribution in [0.1, 0.15) is 37.1 Å². The van der Waals surface area contributed by atoms with Gasteiger partial charge in [0.15, 0.2) is 0 Å². The molecule has 7 heteroatoms. The highest BCUT2D eigenvalue weighted by molar-refractivity contribution is 7.13. The summed E-state index contributed by atoms with van der Waals surface area (Å²) in [4.78, 5) is 23.1. The van der Waals surface area contributed by atoms with Crippen molar-refractivity contribution < 1.29 is 9.32 Å². The van der Waals surface area contributed by atoms with Crippen LogP contribution in [0, 0.1) is 11.8 Å². The van der Waals surface area contributed by atoms with Crippen molar-refractivity contribution >= 4 is 17.2 Å². The van der Waals surface area contributed by atoms with E-state index in [2.05, 4.69) is 50.3 Å². The quantitative estimate of drug-likeness (QED) is 0.554. The third-order valence-corrected chi connectivity index (χ3v) is 7.66. The molecule has 5 rings (SSSR count). The molecule has 2 saturated heterocycles. The smallest absolute Gasteiger partial charge is 0.241 e. The number of amides is 1. The number of thiophene rings is 1. The van der Waals surface area contributed by atoms with Crippen molar-refractivity contribution in [2.45, 2.75) is 38.6 Å². The monoisotopic (exact) mass is 450 g/mol. The Morgan fingerprint density at radius 1 is 1.00 bits per heavy atom. The highest BCUT2D eigenvalue weighted by atomic mass is 32.1. The SMILES string of the molecule is O=C(C1CCN(Cc2nc(-c3cccs3)no2)CC1)N1CCC(Cc2ccccc2)CC1. The van der Waals surface area contributed by atoms with Crippen LogP contribution in [0.25, 0.3) is 10.7 Å². The first-order chi connectivity index (χ1) is 15.7. The van der Waals surface area contributed by atoms with Gasteiger partial charge in [-0.05, 0) is 68.1 Å². The van der Waals surface area contributed by atoms with Gasteiger partial charge in [-0.3, -0.25) is 9.69 Å². The van der Waals surface area contributed by atoms with Gasteiger partial charge in [-0.1, -0.05) is 41.6 Å². The Balaban J connectivity index is 1.06. The molecule has 2 aromatic heterocycles. The zero-order chi connectivity index (χ0) is 21.8. The Bertz CT molecular complexity index is 988. The predicted octanol–water partition coefficient (Wildman–Crippen LogP) is 4.49. The second kappa shape index (κ2) is 9.96. The topological polar surface area (TPSA) is 62.5 Å². The number of rotatable bonds is 6. The van der Waals surface area contributed by atoms with Gasteiger partial charge in [0.25, 0.3) is 0 Å². The molecule has 168 valence electrons. The Morgan fingerprint density at radius 2 is 1.78 bits per heavy atom. The predicted molar refractivity (Wildman–Crippen MR) is 125 cm³/mol. The number of carbonyl (C=O) groups excluding carboxylic acids is 1. The standard InChI is InChI=1S/C25H30N4O2S/c30-25(29-14-8-20(9-15-29)17-19-5-2-1-3-6-19)21-10-12-28(13-11-21)18-23-26-24(27-31-23)22-7-4-16-32-22/h1-7,16,20-21H,8-15,17-18H2. The summed E-state index contributed by atoms with van der Waals surface area (Å²) < 4.78 is 5.44. The van der Waals surface area contributed by atoms with E-state index in [9.17, 15) is 4.79 Å². The van der Waals surface area contributed by atoms with Gasteiger partial charge in [-0.25, -0.2) is 0 Å². The fraction of sp³-hybridized carbons (Fsp3) is 0.480. The third-order valence-electron chi connectivity index (χ3n) is 6.80. The van der Waals surface area contributed by atoms with Gasteiger partial charge in [0.05, 0.1) is 11.4 Å². The highest BCUT2D eigenvalue weighted by Crippen LogP contribution is 2.27. The van der Waals surface area contributed by atoms with E-state index >= 15 is 0 Å². The molecule has 2 aliphatic heterocycles. The highest BCUT2D eigenvalue weighted by Gasteiger charge is 2.31. The third kappa shape index (κ3) is 5.10. The molecule has 0 spiro atoms. The van der Waals surface area contributed by atoms with Gasteiger partial charge in [0.1, 0.15) is 0 Å². The van der Waals surface area contributed by atoms with Gasteiger partial charge >= 0.3 is 0 Å². The van der Waals surface area contributed by atoms with Crippen molar-refractivity contribution in [3.8, 4) is 10.7 Å². The van der Waals surface area contributed by atoms with Crippen molar-refractivity contribution in [2.24, 2.45) is 11.8 Å². The van der Waals surface area contributed by atoms with Crippen molar-refractivity contribution in [1.82, 2.24) is 19.9 Å². The lowest BCUT2D eigenvalue weighted by Crippen LogP contribution is -2.45. The van der Waals surface area contributed by atoms with E-state index in [1.54, 1.807) is 11.3 Å². The molecule has 32 heavy (non-hydrogen) atoms. The second-order valence-electron chi connectivity index (χ2n) is 9.00. The molecule has 6 nitrogen and oxygen atoms in total. The maximum atomic E-state index is 13.1. The van der Waals surface area contributed by atoms with Crippen LogP contribution in [-0.4, -0.2) is 52.0 Å². The lowest BCUT2D eigenvalue weighted by molar-refractivity contribution is -0.138. The largest absolute Gasteiger partial charge is 0.342 e. The summed E-state index contributed by atoms with van der Waals surface area (Å²) in [6, 6.07) is 14.7. The molecule has 0 bridgehead atoms. The van der Waals surface area contributed by atoms with Gasteiger partial charge < -0.3 is 9.42 Å². The molecular weight excluding hydrogens is 420 g/mol. The van der Waals surface area contributed by atoms with E-state index in [4.69, 9.17) is 4.52 Å². The molecule has 0 N–H and O–H groups in total. The molecule has 0 radical (unpaired) electrons. The molecule has 0 unspecified atom stereocenters. The Kier molecular flexibility index (Phi) is 6.64. The maximum absolute atomic E-state index is 13.1. The van der Waals surface area contributed by atoms with E-state index in [-0.39, 0.29) is 5.92 Å².